The molecule has 3 aromatic rings. The van der Waals surface area contributed by atoms with Gasteiger partial charge < -0.3 is 34.5 Å². The first-order chi connectivity index (χ1) is 15.5. The number of aromatic nitrogens is 2. The lowest BCUT2D eigenvalue weighted by Gasteiger charge is -2.39. The summed E-state index contributed by atoms with van der Waals surface area (Å²) in [6, 6.07) is 15.6. The first-order valence-electron chi connectivity index (χ1n) is 10.6. The molecule has 0 saturated carbocycles. The molecule has 1 aromatic heterocycles. The highest BCUT2D eigenvalue weighted by Crippen LogP contribution is 2.34. The van der Waals surface area contributed by atoms with Crippen LogP contribution in [0.3, 0.4) is 0 Å². The van der Waals surface area contributed by atoms with E-state index in [4.69, 9.17) is 9.47 Å². The smallest absolute Gasteiger partial charge is 0.171 e. The second-order valence-electron chi connectivity index (χ2n) is 7.82. The van der Waals surface area contributed by atoms with Gasteiger partial charge in [0.25, 0.3) is 0 Å². The van der Waals surface area contributed by atoms with Gasteiger partial charge in [0.05, 0.1) is 24.2 Å². The Bertz CT molecular complexity index is 1040. The van der Waals surface area contributed by atoms with Gasteiger partial charge in [0, 0.05) is 6.54 Å². The standard InChI is InChI=1S/C23H28N2O6S/c1-14-7-2-5-10-17(14)30-12-6-11-25-16-9-4-3-8-15(16)24-23(25)32-22-21(29)20(28)19(27)18(13-26)31-22/h2-5,7-10,18-22,26-29H,6,11-13H2,1H3. The molecule has 172 valence electrons. The summed E-state index contributed by atoms with van der Waals surface area (Å²) in [5.41, 5.74) is 1.94. The van der Waals surface area contributed by atoms with Crippen molar-refractivity contribution < 1.29 is 29.9 Å². The summed E-state index contributed by atoms with van der Waals surface area (Å²) in [7, 11) is 0. The number of imidazole rings is 1. The molecular weight excluding hydrogens is 432 g/mol. The van der Waals surface area contributed by atoms with Gasteiger partial charge in [-0.25, -0.2) is 4.98 Å². The van der Waals surface area contributed by atoms with Crippen molar-refractivity contribution in [1.29, 1.82) is 0 Å². The Morgan fingerprint density at radius 1 is 1.03 bits per heavy atom. The molecule has 1 aliphatic heterocycles. The molecule has 5 atom stereocenters. The molecule has 0 radical (unpaired) electrons. The highest BCUT2D eigenvalue weighted by atomic mass is 32.2. The molecule has 0 spiro atoms. The number of thioether (sulfide) groups is 1. The second-order valence-corrected chi connectivity index (χ2v) is 8.88. The van der Waals surface area contributed by atoms with E-state index in [1.54, 1.807) is 0 Å². The van der Waals surface area contributed by atoms with Crippen LogP contribution in [-0.2, 0) is 11.3 Å². The maximum Gasteiger partial charge on any atom is 0.171 e. The summed E-state index contributed by atoms with van der Waals surface area (Å²) in [4.78, 5) is 4.67. The topological polar surface area (TPSA) is 117 Å². The number of aliphatic hydroxyl groups is 4. The molecule has 8 nitrogen and oxygen atoms in total. The van der Waals surface area contributed by atoms with Gasteiger partial charge in [0.15, 0.2) is 5.16 Å². The normalized spacial score (nSPS) is 25.8. The van der Waals surface area contributed by atoms with Crippen LogP contribution in [0.25, 0.3) is 11.0 Å². The molecule has 4 N–H and O–H groups in total. The third kappa shape index (κ3) is 4.78. The fourth-order valence-corrected chi connectivity index (χ4v) is 4.93. The van der Waals surface area contributed by atoms with E-state index in [9.17, 15) is 20.4 Å². The zero-order valence-corrected chi connectivity index (χ0v) is 18.6. The predicted octanol–water partition coefficient (Wildman–Crippen LogP) is 1.71. The van der Waals surface area contributed by atoms with Crippen LogP contribution < -0.4 is 4.74 Å². The first kappa shape index (κ1) is 23.0. The lowest BCUT2D eigenvalue weighted by molar-refractivity contribution is -0.205. The Morgan fingerprint density at radius 2 is 1.78 bits per heavy atom. The molecule has 4 rings (SSSR count). The van der Waals surface area contributed by atoms with Crippen LogP contribution in [0.1, 0.15) is 12.0 Å². The van der Waals surface area contributed by atoms with Gasteiger partial charge in [-0.1, -0.05) is 42.1 Å². The average Bonchev–Trinajstić information content (AvgIpc) is 3.15. The SMILES string of the molecule is Cc1ccccc1OCCCn1c(SC2OC(CO)C(O)C(O)C2O)nc2ccccc21. The summed E-state index contributed by atoms with van der Waals surface area (Å²) in [6.45, 7) is 2.70. The molecule has 0 amide bonds. The number of fused-ring (bicyclic) bond motifs is 1. The monoisotopic (exact) mass is 460 g/mol. The van der Waals surface area contributed by atoms with E-state index in [1.807, 2.05) is 60.0 Å². The molecular formula is C23H28N2O6S. The molecule has 1 saturated heterocycles. The predicted molar refractivity (Wildman–Crippen MR) is 121 cm³/mol. The van der Waals surface area contributed by atoms with E-state index in [0.717, 1.165) is 40.5 Å². The lowest BCUT2D eigenvalue weighted by atomic mass is 10.0. The largest absolute Gasteiger partial charge is 0.493 e. The van der Waals surface area contributed by atoms with E-state index in [2.05, 4.69) is 4.98 Å². The number of para-hydroxylation sites is 3. The van der Waals surface area contributed by atoms with Crippen molar-refractivity contribution in [2.75, 3.05) is 13.2 Å². The fraction of sp³-hybridized carbons (Fsp3) is 0.435. The number of aliphatic hydroxyl groups excluding tert-OH is 4. The van der Waals surface area contributed by atoms with Gasteiger partial charge in [-0.15, -0.1) is 0 Å². The number of hydrogen-bond donors (Lipinski definition) is 4. The van der Waals surface area contributed by atoms with Gasteiger partial charge in [-0.05, 0) is 37.1 Å². The second kappa shape index (κ2) is 10.2. The van der Waals surface area contributed by atoms with Crippen molar-refractivity contribution in [1.82, 2.24) is 9.55 Å². The summed E-state index contributed by atoms with van der Waals surface area (Å²) in [5, 5.41) is 40.6. The Balaban J connectivity index is 1.49. The van der Waals surface area contributed by atoms with Crippen LogP contribution in [0.4, 0.5) is 0 Å². The van der Waals surface area contributed by atoms with E-state index in [0.29, 0.717) is 18.3 Å². The molecule has 1 aliphatic rings. The Kier molecular flexibility index (Phi) is 7.34. The van der Waals surface area contributed by atoms with Crippen LogP contribution in [0.5, 0.6) is 5.75 Å². The molecule has 0 aliphatic carbocycles. The van der Waals surface area contributed by atoms with E-state index >= 15 is 0 Å². The molecule has 2 aromatic carbocycles. The minimum atomic E-state index is -1.42. The van der Waals surface area contributed by atoms with Gasteiger partial charge in [-0.2, -0.15) is 0 Å². The average molecular weight is 461 g/mol. The van der Waals surface area contributed by atoms with Gasteiger partial charge in [0.1, 0.15) is 35.6 Å². The number of nitrogens with zero attached hydrogens (tertiary/aromatic N) is 2. The van der Waals surface area contributed by atoms with Crippen LogP contribution in [0, 0.1) is 6.92 Å². The minimum Gasteiger partial charge on any atom is -0.493 e. The van der Waals surface area contributed by atoms with Crippen molar-refractivity contribution in [2.45, 2.75) is 54.9 Å². The summed E-state index contributed by atoms with van der Waals surface area (Å²) in [5.74, 6) is 0.860. The third-order valence-corrected chi connectivity index (χ3v) is 6.71. The molecule has 2 heterocycles. The van der Waals surface area contributed by atoms with Crippen LogP contribution in [0.2, 0.25) is 0 Å². The molecule has 5 unspecified atom stereocenters. The summed E-state index contributed by atoms with van der Waals surface area (Å²) in [6.07, 6.45) is -4.35. The van der Waals surface area contributed by atoms with Crippen LogP contribution >= 0.6 is 11.8 Å². The van der Waals surface area contributed by atoms with Crippen molar-refractivity contribution in [3.05, 3.63) is 54.1 Å². The first-order valence-corrected chi connectivity index (χ1v) is 11.5. The molecule has 1 fully saturated rings. The molecule has 0 bridgehead atoms. The molecule has 32 heavy (non-hydrogen) atoms. The van der Waals surface area contributed by atoms with Crippen molar-refractivity contribution in [2.24, 2.45) is 0 Å². The summed E-state index contributed by atoms with van der Waals surface area (Å²) >= 11 is 1.16. The van der Waals surface area contributed by atoms with E-state index < -0.39 is 36.5 Å². The number of benzene rings is 2. The van der Waals surface area contributed by atoms with Crippen molar-refractivity contribution >= 4 is 22.8 Å². The Morgan fingerprint density at radius 3 is 2.56 bits per heavy atom. The minimum absolute atomic E-state index is 0.464. The van der Waals surface area contributed by atoms with E-state index in [-0.39, 0.29) is 0 Å². The maximum absolute atomic E-state index is 10.4. The Labute approximate surface area is 190 Å². The third-order valence-electron chi connectivity index (χ3n) is 5.57. The lowest BCUT2D eigenvalue weighted by Crippen LogP contribution is -2.57. The molecule has 9 heteroatoms. The highest BCUT2D eigenvalue weighted by molar-refractivity contribution is 7.99. The highest BCUT2D eigenvalue weighted by Gasteiger charge is 2.44. The zero-order valence-electron chi connectivity index (χ0n) is 17.7. The quantitative estimate of drug-likeness (QED) is 0.376. The zero-order chi connectivity index (χ0) is 22.7. The van der Waals surface area contributed by atoms with Crippen molar-refractivity contribution in [3.63, 3.8) is 0 Å². The fourth-order valence-electron chi connectivity index (χ4n) is 3.75. The van der Waals surface area contributed by atoms with Gasteiger partial charge in [-0.3, -0.25) is 0 Å². The van der Waals surface area contributed by atoms with Crippen molar-refractivity contribution in [3.8, 4) is 5.75 Å². The van der Waals surface area contributed by atoms with Crippen LogP contribution in [-0.4, -0.2) is 73.0 Å². The van der Waals surface area contributed by atoms with Gasteiger partial charge in [0.2, 0.25) is 0 Å². The summed E-state index contributed by atoms with van der Waals surface area (Å²) < 4.78 is 13.6. The number of rotatable bonds is 8. The maximum atomic E-state index is 10.4. The Hall–Kier alpha value is -2.14. The van der Waals surface area contributed by atoms with Crippen LogP contribution in [0.15, 0.2) is 53.7 Å². The van der Waals surface area contributed by atoms with E-state index in [1.165, 1.54) is 0 Å². The number of aryl methyl sites for hydroxylation is 2. The number of ether oxygens (including phenoxy) is 2. The number of hydrogen-bond acceptors (Lipinski definition) is 8. The van der Waals surface area contributed by atoms with Gasteiger partial charge >= 0.3 is 0 Å².